The molecule has 0 spiro atoms. The minimum absolute atomic E-state index is 0.895. The Bertz CT molecular complexity index is 830. The molecule has 0 amide bonds. The molecule has 1 aliphatic carbocycles. The number of H-pyrrole nitrogens is 1. The van der Waals surface area contributed by atoms with Crippen LogP contribution in [0.1, 0.15) is 24.1 Å². The van der Waals surface area contributed by atoms with E-state index in [0.29, 0.717) is 0 Å². The first-order chi connectivity index (χ1) is 9.83. The summed E-state index contributed by atoms with van der Waals surface area (Å²) in [6.07, 6.45) is 4.56. The normalized spacial score (nSPS) is 14.4. The predicted octanol–water partition coefficient (Wildman–Crippen LogP) is 3.94. The molecule has 0 fully saturated rings. The zero-order valence-corrected chi connectivity index (χ0v) is 11.9. The van der Waals surface area contributed by atoms with E-state index in [9.17, 15) is 0 Å². The summed E-state index contributed by atoms with van der Waals surface area (Å²) in [6.45, 7) is 0. The lowest BCUT2D eigenvalue weighted by atomic mass is 9.97. The van der Waals surface area contributed by atoms with Crippen molar-refractivity contribution >= 4 is 17.9 Å². The van der Waals surface area contributed by atoms with Gasteiger partial charge in [0.25, 0.3) is 0 Å². The van der Waals surface area contributed by atoms with E-state index in [1.165, 1.54) is 24.1 Å². The molecule has 4 rings (SSSR count). The number of rotatable bonds is 1. The molecule has 0 unspecified atom stereocenters. The van der Waals surface area contributed by atoms with Gasteiger partial charge >= 0.3 is 0 Å². The summed E-state index contributed by atoms with van der Waals surface area (Å²) in [4.78, 5) is 4.79. The largest absolute Gasteiger partial charge is 0.291 e. The van der Waals surface area contributed by atoms with Crippen LogP contribution in [0.3, 0.4) is 0 Å². The first-order valence-corrected chi connectivity index (χ1v) is 7.43. The summed E-state index contributed by atoms with van der Waals surface area (Å²) in [5, 5.41) is 3.38. The Hall–Kier alpha value is -1.94. The Morgan fingerprint density at radius 1 is 1.10 bits per heavy atom. The van der Waals surface area contributed by atoms with Crippen LogP contribution in [0.25, 0.3) is 16.9 Å². The summed E-state index contributed by atoms with van der Waals surface area (Å²) in [7, 11) is 0. The van der Waals surface area contributed by atoms with E-state index >= 15 is 0 Å². The summed E-state index contributed by atoms with van der Waals surface area (Å²) >= 11 is 5.64. The van der Waals surface area contributed by atoms with Crippen molar-refractivity contribution < 1.29 is 0 Å². The first kappa shape index (κ1) is 11.9. The predicted molar refractivity (Wildman–Crippen MR) is 82.5 cm³/mol. The highest BCUT2D eigenvalue weighted by molar-refractivity contribution is 7.71. The molecule has 20 heavy (non-hydrogen) atoms. The third kappa shape index (κ3) is 1.79. The zero-order chi connectivity index (χ0) is 13.5. The molecule has 0 saturated carbocycles. The van der Waals surface area contributed by atoms with Crippen LogP contribution in [0.4, 0.5) is 0 Å². The lowest BCUT2D eigenvalue weighted by molar-refractivity contribution is 0.657. The van der Waals surface area contributed by atoms with Crippen LogP contribution in [0, 0.1) is 4.64 Å². The number of aromatic nitrogens is 3. The molecule has 0 atom stereocenters. The quantitative estimate of drug-likeness (QED) is 0.685. The number of fused-ring (bicyclic) bond motifs is 2. The van der Waals surface area contributed by atoms with Gasteiger partial charge in [0.15, 0.2) is 5.65 Å². The van der Waals surface area contributed by atoms with Crippen molar-refractivity contribution in [3.05, 3.63) is 52.3 Å². The average molecular weight is 281 g/mol. The monoisotopic (exact) mass is 281 g/mol. The smallest absolute Gasteiger partial charge is 0.155 e. The van der Waals surface area contributed by atoms with Crippen LogP contribution < -0.4 is 0 Å². The summed E-state index contributed by atoms with van der Waals surface area (Å²) in [5.41, 5.74) is 5.59. The number of aryl methyl sites for hydroxylation is 1. The van der Waals surface area contributed by atoms with Gasteiger partial charge in [-0.1, -0.05) is 42.5 Å². The molecule has 100 valence electrons. The van der Waals surface area contributed by atoms with Crippen molar-refractivity contribution in [2.24, 2.45) is 0 Å². The Morgan fingerprint density at radius 3 is 2.75 bits per heavy atom. The first-order valence-electron chi connectivity index (χ1n) is 7.02. The standard InChI is InChI=1S/C16H15N3S/c20-16-12-8-4-5-9-13(12)17-15-10-14(18-19(15)16)11-6-2-1-3-7-11/h1-3,6-7,10,18H,4-5,8-9H2. The van der Waals surface area contributed by atoms with Crippen molar-refractivity contribution in [2.75, 3.05) is 0 Å². The molecule has 0 aliphatic heterocycles. The SMILES string of the molecule is S=c1c2c(nc3cc(-c4ccccc4)[nH]n13)CCCC2. The maximum Gasteiger partial charge on any atom is 0.155 e. The third-order valence-corrected chi connectivity index (χ3v) is 4.40. The van der Waals surface area contributed by atoms with E-state index in [-0.39, 0.29) is 0 Å². The van der Waals surface area contributed by atoms with Crippen molar-refractivity contribution in [3.63, 3.8) is 0 Å². The highest BCUT2D eigenvalue weighted by Gasteiger charge is 2.15. The van der Waals surface area contributed by atoms with Crippen molar-refractivity contribution in [1.29, 1.82) is 0 Å². The highest BCUT2D eigenvalue weighted by atomic mass is 32.1. The van der Waals surface area contributed by atoms with Crippen molar-refractivity contribution in [1.82, 2.24) is 14.6 Å². The summed E-state index contributed by atoms with van der Waals surface area (Å²) in [5.74, 6) is 0. The van der Waals surface area contributed by atoms with Crippen LogP contribution in [0.2, 0.25) is 0 Å². The van der Waals surface area contributed by atoms with Gasteiger partial charge in [-0.05, 0) is 31.2 Å². The van der Waals surface area contributed by atoms with Gasteiger partial charge in [-0.25, -0.2) is 9.50 Å². The molecule has 1 aliphatic rings. The lowest BCUT2D eigenvalue weighted by Gasteiger charge is -2.14. The second kappa shape index (κ2) is 4.56. The molecule has 1 N–H and O–H groups in total. The Morgan fingerprint density at radius 2 is 1.90 bits per heavy atom. The Labute approximate surface area is 122 Å². The van der Waals surface area contributed by atoms with Crippen LogP contribution in [-0.2, 0) is 12.8 Å². The van der Waals surface area contributed by atoms with Gasteiger partial charge in [-0.2, -0.15) is 0 Å². The van der Waals surface area contributed by atoms with Crippen molar-refractivity contribution in [2.45, 2.75) is 25.7 Å². The molecule has 0 radical (unpaired) electrons. The van der Waals surface area contributed by atoms with E-state index in [2.05, 4.69) is 23.3 Å². The maximum atomic E-state index is 5.64. The molecule has 2 heterocycles. The fourth-order valence-corrected chi connectivity index (χ4v) is 3.28. The van der Waals surface area contributed by atoms with Gasteiger partial charge in [0, 0.05) is 17.3 Å². The summed E-state index contributed by atoms with van der Waals surface area (Å²) < 4.78 is 2.84. The molecule has 3 aromatic rings. The molecule has 3 nitrogen and oxygen atoms in total. The lowest BCUT2D eigenvalue weighted by Crippen LogP contribution is -2.09. The highest BCUT2D eigenvalue weighted by Crippen LogP contribution is 2.24. The molecule has 1 aromatic carbocycles. The molecule has 0 saturated heterocycles. The van der Waals surface area contributed by atoms with E-state index in [0.717, 1.165) is 34.4 Å². The minimum atomic E-state index is 0.895. The van der Waals surface area contributed by atoms with Gasteiger partial charge in [-0.15, -0.1) is 0 Å². The molecule has 2 aromatic heterocycles. The zero-order valence-electron chi connectivity index (χ0n) is 11.1. The topological polar surface area (TPSA) is 33.1 Å². The molecular formula is C16H15N3S. The van der Waals surface area contributed by atoms with Crippen molar-refractivity contribution in [3.8, 4) is 11.3 Å². The Kier molecular flexibility index (Phi) is 2.70. The number of hydrogen-bond donors (Lipinski definition) is 1. The minimum Gasteiger partial charge on any atom is -0.291 e. The fraction of sp³-hybridized carbons (Fsp3) is 0.250. The van der Waals surface area contributed by atoms with Crippen LogP contribution >= 0.6 is 12.2 Å². The van der Waals surface area contributed by atoms with Crippen LogP contribution in [-0.4, -0.2) is 14.6 Å². The van der Waals surface area contributed by atoms with Gasteiger partial charge < -0.3 is 0 Å². The second-order valence-electron chi connectivity index (χ2n) is 5.28. The summed E-state index contributed by atoms with van der Waals surface area (Å²) in [6, 6.07) is 12.4. The van der Waals surface area contributed by atoms with Gasteiger partial charge in [0.1, 0.15) is 4.64 Å². The fourth-order valence-electron chi connectivity index (χ4n) is 2.92. The van der Waals surface area contributed by atoms with E-state index in [1.54, 1.807) is 0 Å². The van der Waals surface area contributed by atoms with E-state index < -0.39 is 0 Å². The van der Waals surface area contributed by atoms with E-state index in [1.807, 2.05) is 22.7 Å². The third-order valence-electron chi connectivity index (χ3n) is 3.97. The van der Waals surface area contributed by atoms with Crippen LogP contribution in [0.15, 0.2) is 36.4 Å². The number of nitrogens with zero attached hydrogens (tertiary/aromatic N) is 2. The number of hydrogen-bond acceptors (Lipinski definition) is 2. The van der Waals surface area contributed by atoms with Gasteiger partial charge in [0.2, 0.25) is 0 Å². The molecular weight excluding hydrogens is 266 g/mol. The number of nitrogens with one attached hydrogen (secondary N) is 1. The Balaban J connectivity index is 1.96. The molecule has 0 bridgehead atoms. The van der Waals surface area contributed by atoms with Crippen LogP contribution in [0.5, 0.6) is 0 Å². The van der Waals surface area contributed by atoms with Gasteiger partial charge in [-0.3, -0.25) is 5.10 Å². The number of benzene rings is 1. The maximum absolute atomic E-state index is 5.64. The number of aromatic amines is 1. The average Bonchev–Trinajstić information content (AvgIpc) is 2.93. The van der Waals surface area contributed by atoms with E-state index in [4.69, 9.17) is 17.2 Å². The molecule has 4 heteroatoms. The second-order valence-corrected chi connectivity index (χ2v) is 5.67. The van der Waals surface area contributed by atoms with Gasteiger partial charge in [0.05, 0.1) is 5.69 Å².